The fraction of sp³-hybridized carbons (Fsp3) is 0.381. The molecule has 4 nitrogen and oxygen atoms in total. The van der Waals surface area contributed by atoms with Gasteiger partial charge < -0.3 is 15.1 Å². The summed E-state index contributed by atoms with van der Waals surface area (Å²) >= 11 is 0. The Balaban J connectivity index is 0.00000225. The highest BCUT2D eigenvalue weighted by Crippen LogP contribution is 2.28. The maximum Gasteiger partial charge on any atom is 0.198 e. The molecule has 0 spiro atoms. The molecule has 0 aromatic heterocycles. The van der Waals surface area contributed by atoms with E-state index in [0.29, 0.717) is 5.92 Å². The highest BCUT2D eigenvalue weighted by Gasteiger charge is 2.26. The van der Waals surface area contributed by atoms with Gasteiger partial charge in [-0.3, -0.25) is 4.99 Å². The number of guanidine groups is 1. The van der Waals surface area contributed by atoms with Crippen molar-refractivity contribution in [2.75, 3.05) is 43.0 Å². The number of fused-ring (bicyclic) bond motifs is 1. The number of hydrogen-bond acceptors (Lipinski definition) is 2. The van der Waals surface area contributed by atoms with Gasteiger partial charge in [-0.05, 0) is 42.5 Å². The number of halogens is 3. The van der Waals surface area contributed by atoms with E-state index < -0.39 is 11.6 Å². The number of para-hydroxylation sites is 1. The molecular weight excluding hydrogens is 473 g/mol. The van der Waals surface area contributed by atoms with Crippen LogP contribution in [0.15, 0.2) is 47.5 Å². The summed E-state index contributed by atoms with van der Waals surface area (Å²) in [4.78, 5) is 8.80. The number of anilines is 2. The lowest BCUT2D eigenvalue weighted by molar-refractivity contribution is 0.508. The minimum absolute atomic E-state index is 0. The van der Waals surface area contributed by atoms with Gasteiger partial charge in [0.15, 0.2) is 17.6 Å². The Labute approximate surface area is 181 Å². The number of aliphatic imine (C=N–C) groups is 1. The van der Waals surface area contributed by atoms with Crippen molar-refractivity contribution in [3.8, 4) is 0 Å². The Kier molecular flexibility index (Phi) is 6.74. The van der Waals surface area contributed by atoms with E-state index in [9.17, 15) is 8.78 Å². The fourth-order valence-corrected chi connectivity index (χ4v) is 4.00. The lowest BCUT2D eigenvalue weighted by atomic mass is 10.1. The lowest BCUT2D eigenvalue weighted by Crippen LogP contribution is -2.42. The molecule has 28 heavy (non-hydrogen) atoms. The summed E-state index contributed by atoms with van der Waals surface area (Å²) in [5, 5.41) is 3.50. The molecule has 7 heteroatoms. The summed E-state index contributed by atoms with van der Waals surface area (Å²) in [7, 11) is 1.81. The van der Waals surface area contributed by atoms with Crippen molar-refractivity contribution in [3.05, 3.63) is 59.7 Å². The molecule has 0 saturated carbocycles. The summed E-state index contributed by atoms with van der Waals surface area (Å²) in [5.74, 6) is -0.257. The van der Waals surface area contributed by atoms with Crippen LogP contribution in [-0.2, 0) is 6.42 Å². The van der Waals surface area contributed by atoms with Gasteiger partial charge in [0.25, 0.3) is 0 Å². The summed E-state index contributed by atoms with van der Waals surface area (Å²) < 4.78 is 26.6. The molecule has 150 valence electrons. The van der Waals surface area contributed by atoms with Crippen LogP contribution in [0.3, 0.4) is 0 Å². The summed E-state index contributed by atoms with van der Waals surface area (Å²) in [5.41, 5.74) is 3.32. The van der Waals surface area contributed by atoms with Crippen LogP contribution in [0.2, 0.25) is 0 Å². The number of benzene rings is 2. The van der Waals surface area contributed by atoms with Gasteiger partial charge in [0.1, 0.15) is 0 Å². The molecule has 0 bridgehead atoms. The van der Waals surface area contributed by atoms with Gasteiger partial charge in [-0.25, -0.2) is 8.78 Å². The smallest absolute Gasteiger partial charge is 0.198 e. The van der Waals surface area contributed by atoms with Crippen LogP contribution < -0.4 is 15.1 Å². The molecule has 2 aromatic carbocycles. The van der Waals surface area contributed by atoms with Crippen LogP contribution in [0.25, 0.3) is 0 Å². The molecule has 1 N–H and O–H groups in total. The SMILES string of the molecule is CN=C(NCC1CCN(c2ccc(F)c(F)c2)C1)N1CCc2ccccc21.I. The standard InChI is InChI=1S/C21H24F2N4.HI/c1-24-21(27-11-9-16-4-2-3-5-20(16)27)25-13-15-8-10-26(14-15)17-6-7-18(22)19(23)12-17;/h2-7,12,15H,8-11,13-14H2,1H3,(H,24,25);1H. The van der Waals surface area contributed by atoms with Crippen molar-refractivity contribution < 1.29 is 8.78 Å². The molecule has 2 aliphatic rings. The second-order valence-corrected chi connectivity index (χ2v) is 7.16. The number of nitrogens with zero attached hydrogens (tertiary/aromatic N) is 3. The van der Waals surface area contributed by atoms with E-state index in [-0.39, 0.29) is 24.0 Å². The minimum atomic E-state index is -0.800. The zero-order chi connectivity index (χ0) is 18.8. The zero-order valence-corrected chi connectivity index (χ0v) is 18.2. The molecule has 0 amide bonds. The van der Waals surface area contributed by atoms with Gasteiger partial charge >= 0.3 is 0 Å². The van der Waals surface area contributed by atoms with Gasteiger partial charge in [0, 0.05) is 50.7 Å². The molecule has 1 fully saturated rings. The van der Waals surface area contributed by atoms with Gasteiger partial charge in [-0.1, -0.05) is 18.2 Å². The fourth-order valence-electron chi connectivity index (χ4n) is 4.00. The number of nitrogens with one attached hydrogen (secondary N) is 1. The van der Waals surface area contributed by atoms with Gasteiger partial charge in [0.2, 0.25) is 0 Å². The average molecular weight is 498 g/mol. The van der Waals surface area contributed by atoms with E-state index in [1.807, 2.05) is 7.05 Å². The van der Waals surface area contributed by atoms with E-state index >= 15 is 0 Å². The van der Waals surface area contributed by atoms with Crippen LogP contribution in [0.5, 0.6) is 0 Å². The molecule has 1 atom stereocenters. The first-order chi connectivity index (χ1) is 13.2. The third kappa shape index (κ3) is 4.24. The largest absolute Gasteiger partial charge is 0.371 e. The van der Waals surface area contributed by atoms with E-state index in [0.717, 1.165) is 50.7 Å². The molecule has 0 aliphatic carbocycles. The van der Waals surface area contributed by atoms with Gasteiger partial charge in [0.05, 0.1) is 0 Å². The normalized spacial score (nSPS) is 18.8. The van der Waals surface area contributed by atoms with Crippen LogP contribution in [0.4, 0.5) is 20.2 Å². The molecule has 2 aromatic rings. The number of rotatable bonds is 3. The topological polar surface area (TPSA) is 30.9 Å². The first-order valence-corrected chi connectivity index (χ1v) is 9.42. The van der Waals surface area contributed by atoms with Crippen molar-refractivity contribution >= 4 is 41.3 Å². The van der Waals surface area contributed by atoms with Crippen molar-refractivity contribution in [2.45, 2.75) is 12.8 Å². The van der Waals surface area contributed by atoms with E-state index in [2.05, 4.69) is 44.4 Å². The summed E-state index contributed by atoms with van der Waals surface area (Å²) in [6.45, 7) is 3.42. The Morgan fingerprint density at radius 2 is 1.96 bits per heavy atom. The van der Waals surface area contributed by atoms with Crippen LogP contribution in [0.1, 0.15) is 12.0 Å². The number of hydrogen-bond donors (Lipinski definition) is 1. The third-order valence-electron chi connectivity index (χ3n) is 5.46. The van der Waals surface area contributed by atoms with Crippen LogP contribution in [0, 0.1) is 17.6 Å². The van der Waals surface area contributed by atoms with E-state index in [1.54, 1.807) is 6.07 Å². The predicted molar refractivity (Wildman–Crippen MR) is 121 cm³/mol. The summed E-state index contributed by atoms with van der Waals surface area (Å²) in [6.07, 6.45) is 2.05. The Morgan fingerprint density at radius 1 is 1.14 bits per heavy atom. The van der Waals surface area contributed by atoms with Crippen molar-refractivity contribution in [3.63, 3.8) is 0 Å². The third-order valence-corrected chi connectivity index (χ3v) is 5.46. The molecule has 1 saturated heterocycles. The summed E-state index contributed by atoms with van der Waals surface area (Å²) in [6, 6.07) is 12.6. The maximum absolute atomic E-state index is 13.5. The Morgan fingerprint density at radius 3 is 2.75 bits per heavy atom. The monoisotopic (exact) mass is 498 g/mol. The Bertz CT molecular complexity index is 858. The predicted octanol–water partition coefficient (Wildman–Crippen LogP) is 4.05. The van der Waals surface area contributed by atoms with Crippen molar-refractivity contribution in [2.24, 2.45) is 10.9 Å². The van der Waals surface area contributed by atoms with E-state index in [4.69, 9.17) is 0 Å². The molecule has 2 aliphatic heterocycles. The second-order valence-electron chi connectivity index (χ2n) is 7.16. The molecule has 2 heterocycles. The quantitative estimate of drug-likeness (QED) is 0.394. The highest BCUT2D eigenvalue weighted by atomic mass is 127. The second kappa shape index (κ2) is 9.07. The molecule has 0 radical (unpaired) electrons. The van der Waals surface area contributed by atoms with Crippen LogP contribution in [-0.4, -0.2) is 39.2 Å². The average Bonchev–Trinajstić information content (AvgIpc) is 3.32. The first kappa shape index (κ1) is 20.8. The maximum atomic E-state index is 13.5. The first-order valence-electron chi connectivity index (χ1n) is 9.42. The Hall–Kier alpha value is -1.90. The van der Waals surface area contributed by atoms with Gasteiger partial charge in [-0.15, -0.1) is 24.0 Å². The van der Waals surface area contributed by atoms with Gasteiger partial charge in [-0.2, -0.15) is 0 Å². The van der Waals surface area contributed by atoms with Crippen molar-refractivity contribution in [1.29, 1.82) is 0 Å². The van der Waals surface area contributed by atoms with Crippen molar-refractivity contribution in [1.82, 2.24) is 5.32 Å². The minimum Gasteiger partial charge on any atom is -0.371 e. The molecular formula is C21H25F2IN4. The van der Waals surface area contributed by atoms with E-state index in [1.165, 1.54) is 23.4 Å². The highest BCUT2D eigenvalue weighted by molar-refractivity contribution is 14.0. The van der Waals surface area contributed by atoms with Crippen LogP contribution >= 0.6 is 24.0 Å². The molecule has 1 unspecified atom stereocenters. The molecule has 4 rings (SSSR count). The zero-order valence-electron chi connectivity index (χ0n) is 15.9. The lowest BCUT2D eigenvalue weighted by Gasteiger charge is -2.24.